The molecule has 1 N–H and O–H groups in total. The molecule has 1 aromatic rings. The van der Waals surface area contributed by atoms with E-state index in [2.05, 4.69) is 31.1 Å². The summed E-state index contributed by atoms with van der Waals surface area (Å²) in [7, 11) is 1.91. The molecule has 0 radical (unpaired) electrons. The highest BCUT2D eigenvalue weighted by atomic mass is 35.5. The van der Waals surface area contributed by atoms with Crippen molar-refractivity contribution in [2.24, 2.45) is 11.3 Å². The Morgan fingerprint density at radius 2 is 2.20 bits per heavy atom. The highest BCUT2D eigenvalue weighted by molar-refractivity contribution is 6.31. The fourth-order valence-corrected chi connectivity index (χ4v) is 3.54. The second kappa shape index (κ2) is 6.31. The molecule has 2 rings (SSSR count). The smallest absolute Gasteiger partial charge is 0.213 e. The Labute approximate surface area is 127 Å². The van der Waals surface area contributed by atoms with Crippen LogP contribution < -0.4 is 10.1 Å². The monoisotopic (exact) mass is 296 g/mol. The third-order valence-corrected chi connectivity index (χ3v) is 4.25. The standard InChI is InChI=1S/C16H25ClN2O/c1-11-5-13(8-16(2,3)7-11)20-15-6-12(9-18-4)14(17)10-19-15/h6,10-11,13,18H,5,7-9H2,1-4H3. The van der Waals surface area contributed by atoms with Gasteiger partial charge in [-0.3, -0.25) is 0 Å². The van der Waals surface area contributed by atoms with Gasteiger partial charge in [-0.25, -0.2) is 4.98 Å². The maximum atomic E-state index is 6.13. The molecule has 1 aromatic heterocycles. The highest BCUT2D eigenvalue weighted by Gasteiger charge is 2.33. The first-order valence-electron chi connectivity index (χ1n) is 7.35. The summed E-state index contributed by atoms with van der Waals surface area (Å²) in [5.41, 5.74) is 1.38. The third-order valence-electron chi connectivity index (χ3n) is 3.91. The van der Waals surface area contributed by atoms with Gasteiger partial charge in [-0.05, 0) is 43.2 Å². The number of hydrogen-bond acceptors (Lipinski definition) is 3. The number of ether oxygens (including phenoxy) is 1. The molecule has 1 aliphatic carbocycles. The van der Waals surface area contributed by atoms with E-state index in [1.165, 1.54) is 6.42 Å². The molecule has 20 heavy (non-hydrogen) atoms. The zero-order valence-corrected chi connectivity index (χ0v) is 13.6. The van der Waals surface area contributed by atoms with E-state index in [-0.39, 0.29) is 6.10 Å². The van der Waals surface area contributed by atoms with Crippen LogP contribution in [0.5, 0.6) is 5.88 Å². The van der Waals surface area contributed by atoms with Crippen LogP contribution in [0.4, 0.5) is 0 Å². The topological polar surface area (TPSA) is 34.1 Å². The summed E-state index contributed by atoms with van der Waals surface area (Å²) in [6.45, 7) is 7.67. The lowest BCUT2D eigenvalue weighted by atomic mass is 9.71. The number of rotatable bonds is 4. The van der Waals surface area contributed by atoms with Crippen molar-refractivity contribution in [3.63, 3.8) is 0 Å². The second-order valence-electron chi connectivity index (χ2n) is 6.80. The molecule has 0 amide bonds. The van der Waals surface area contributed by atoms with Crippen molar-refractivity contribution < 1.29 is 4.74 Å². The number of nitrogens with one attached hydrogen (secondary N) is 1. The predicted molar refractivity (Wildman–Crippen MR) is 83.2 cm³/mol. The normalized spacial score (nSPS) is 25.4. The summed E-state index contributed by atoms with van der Waals surface area (Å²) in [6, 6.07) is 1.95. The average Bonchev–Trinajstić information content (AvgIpc) is 2.31. The van der Waals surface area contributed by atoms with Gasteiger partial charge in [0, 0.05) is 18.8 Å². The zero-order valence-electron chi connectivity index (χ0n) is 12.9. The Morgan fingerprint density at radius 1 is 1.45 bits per heavy atom. The number of hydrogen-bond donors (Lipinski definition) is 1. The Kier molecular flexibility index (Phi) is 4.92. The minimum absolute atomic E-state index is 0.255. The summed E-state index contributed by atoms with van der Waals surface area (Å²) >= 11 is 6.13. The lowest BCUT2D eigenvalue weighted by Gasteiger charge is -2.38. The van der Waals surface area contributed by atoms with Crippen LogP contribution in [0.15, 0.2) is 12.3 Å². The second-order valence-corrected chi connectivity index (χ2v) is 7.20. The Balaban J connectivity index is 2.07. The molecule has 1 fully saturated rings. The van der Waals surface area contributed by atoms with Crippen LogP contribution in [0, 0.1) is 11.3 Å². The molecule has 1 saturated carbocycles. The van der Waals surface area contributed by atoms with E-state index in [1.54, 1.807) is 6.20 Å². The Morgan fingerprint density at radius 3 is 2.85 bits per heavy atom. The van der Waals surface area contributed by atoms with Crippen LogP contribution in [0.25, 0.3) is 0 Å². The lowest BCUT2D eigenvalue weighted by Crippen LogP contribution is -2.34. The summed E-state index contributed by atoms with van der Waals surface area (Å²) < 4.78 is 6.11. The predicted octanol–water partition coefficient (Wildman–Crippen LogP) is 4.05. The molecule has 2 unspecified atom stereocenters. The highest BCUT2D eigenvalue weighted by Crippen LogP contribution is 2.39. The van der Waals surface area contributed by atoms with Gasteiger partial charge >= 0.3 is 0 Å². The maximum Gasteiger partial charge on any atom is 0.213 e. The van der Waals surface area contributed by atoms with Gasteiger partial charge in [-0.1, -0.05) is 32.4 Å². The van der Waals surface area contributed by atoms with Crippen molar-refractivity contribution in [1.29, 1.82) is 0 Å². The van der Waals surface area contributed by atoms with Crippen LogP contribution in [0.1, 0.15) is 45.6 Å². The van der Waals surface area contributed by atoms with Crippen molar-refractivity contribution in [2.75, 3.05) is 7.05 Å². The first kappa shape index (κ1) is 15.6. The van der Waals surface area contributed by atoms with E-state index >= 15 is 0 Å². The molecule has 1 heterocycles. The third kappa shape index (κ3) is 4.10. The van der Waals surface area contributed by atoms with Gasteiger partial charge in [0.1, 0.15) is 6.10 Å². The molecule has 0 spiro atoms. The van der Waals surface area contributed by atoms with Gasteiger partial charge in [-0.15, -0.1) is 0 Å². The first-order valence-corrected chi connectivity index (χ1v) is 7.73. The molecule has 2 atom stereocenters. The molecular weight excluding hydrogens is 272 g/mol. The van der Waals surface area contributed by atoms with Gasteiger partial charge in [0.25, 0.3) is 0 Å². The van der Waals surface area contributed by atoms with Crippen LogP contribution in [-0.2, 0) is 6.54 Å². The molecule has 0 aromatic carbocycles. The van der Waals surface area contributed by atoms with E-state index in [9.17, 15) is 0 Å². The van der Waals surface area contributed by atoms with Crippen LogP contribution in [0.3, 0.4) is 0 Å². The van der Waals surface area contributed by atoms with Crippen molar-refractivity contribution in [2.45, 2.75) is 52.7 Å². The van der Waals surface area contributed by atoms with Crippen molar-refractivity contribution in [3.8, 4) is 5.88 Å². The van der Waals surface area contributed by atoms with Crippen molar-refractivity contribution >= 4 is 11.6 Å². The summed E-state index contributed by atoms with van der Waals surface area (Å²) in [5.74, 6) is 1.39. The lowest BCUT2D eigenvalue weighted by molar-refractivity contribution is 0.0532. The summed E-state index contributed by atoms with van der Waals surface area (Å²) in [5, 5.41) is 3.79. The van der Waals surface area contributed by atoms with E-state index in [0.717, 1.165) is 24.9 Å². The van der Waals surface area contributed by atoms with Gasteiger partial charge < -0.3 is 10.1 Å². The van der Waals surface area contributed by atoms with Crippen LogP contribution >= 0.6 is 11.6 Å². The molecule has 0 bridgehead atoms. The number of nitrogens with zero attached hydrogens (tertiary/aromatic N) is 1. The molecule has 0 aliphatic heterocycles. The minimum Gasteiger partial charge on any atom is -0.474 e. The number of pyridine rings is 1. The molecule has 1 aliphatic rings. The zero-order chi connectivity index (χ0) is 14.8. The molecule has 4 heteroatoms. The Hall–Kier alpha value is -0.800. The van der Waals surface area contributed by atoms with E-state index < -0.39 is 0 Å². The van der Waals surface area contributed by atoms with E-state index in [0.29, 0.717) is 22.2 Å². The fraction of sp³-hybridized carbons (Fsp3) is 0.688. The molecule has 0 saturated heterocycles. The number of aromatic nitrogens is 1. The fourth-order valence-electron chi connectivity index (χ4n) is 3.37. The van der Waals surface area contributed by atoms with E-state index in [1.807, 2.05) is 13.1 Å². The summed E-state index contributed by atoms with van der Waals surface area (Å²) in [6.07, 6.45) is 5.40. The largest absolute Gasteiger partial charge is 0.474 e. The van der Waals surface area contributed by atoms with Crippen molar-refractivity contribution in [3.05, 3.63) is 22.8 Å². The molecular formula is C16H25ClN2O. The Bertz CT molecular complexity index is 462. The van der Waals surface area contributed by atoms with Crippen molar-refractivity contribution in [1.82, 2.24) is 10.3 Å². The van der Waals surface area contributed by atoms with Gasteiger partial charge in [0.15, 0.2) is 0 Å². The maximum absolute atomic E-state index is 6.13. The molecule has 3 nitrogen and oxygen atoms in total. The van der Waals surface area contributed by atoms with Gasteiger partial charge in [0.05, 0.1) is 5.02 Å². The molecule has 112 valence electrons. The quantitative estimate of drug-likeness (QED) is 0.910. The summed E-state index contributed by atoms with van der Waals surface area (Å²) in [4.78, 5) is 4.31. The number of halogens is 1. The average molecular weight is 297 g/mol. The van der Waals surface area contributed by atoms with Gasteiger partial charge in [0.2, 0.25) is 5.88 Å². The van der Waals surface area contributed by atoms with Crippen LogP contribution in [-0.4, -0.2) is 18.1 Å². The van der Waals surface area contributed by atoms with Crippen LogP contribution in [0.2, 0.25) is 5.02 Å². The van der Waals surface area contributed by atoms with Gasteiger partial charge in [-0.2, -0.15) is 0 Å². The van der Waals surface area contributed by atoms with E-state index in [4.69, 9.17) is 16.3 Å². The SMILES string of the molecule is CNCc1cc(OC2CC(C)CC(C)(C)C2)ncc1Cl. The first-order chi connectivity index (χ1) is 9.39. The minimum atomic E-state index is 0.255.